The molecule has 0 fully saturated rings. The third-order valence-corrected chi connectivity index (χ3v) is 4.27. The Kier molecular flexibility index (Phi) is 5.26. The zero-order valence-electron chi connectivity index (χ0n) is 15.3. The van der Waals surface area contributed by atoms with Crippen molar-refractivity contribution in [3.05, 3.63) is 63.8 Å². The minimum Gasteiger partial charge on any atom is -0.496 e. The van der Waals surface area contributed by atoms with Gasteiger partial charge in [-0.3, -0.25) is 4.79 Å². The number of benzene rings is 2. The molecule has 0 radical (unpaired) electrons. The molecule has 1 aromatic heterocycles. The minimum absolute atomic E-state index is 0.0492. The van der Waals surface area contributed by atoms with Crippen molar-refractivity contribution in [1.29, 1.82) is 0 Å². The van der Waals surface area contributed by atoms with Crippen molar-refractivity contribution in [1.82, 2.24) is 0 Å². The summed E-state index contributed by atoms with van der Waals surface area (Å²) in [4.78, 5) is 25.6. The van der Waals surface area contributed by atoms with Crippen LogP contribution < -0.4 is 10.2 Å². The molecule has 0 saturated carbocycles. The van der Waals surface area contributed by atoms with Gasteiger partial charge in [0.25, 0.3) is 0 Å². The number of fused-ring (bicyclic) bond motifs is 1. The Morgan fingerprint density at radius 1 is 1.15 bits per heavy atom. The van der Waals surface area contributed by atoms with Crippen molar-refractivity contribution in [2.24, 2.45) is 0 Å². The SMILES string of the molecule is CCOC(=O)c1oc2cc(OC)c(CC)cc2c(=O)c1-c1ccc(F)cc1. The van der Waals surface area contributed by atoms with Crippen LogP contribution in [-0.4, -0.2) is 19.7 Å². The highest BCUT2D eigenvalue weighted by atomic mass is 19.1. The van der Waals surface area contributed by atoms with Gasteiger partial charge in [0.05, 0.1) is 24.7 Å². The topological polar surface area (TPSA) is 65.7 Å². The summed E-state index contributed by atoms with van der Waals surface area (Å²) in [5.41, 5.74) is 1.11. The Labute approximate surface area is 155 Å². The van der Waals surface area contributed by atoms with Crippen LogP contribution in [-0.2, 0) is 11.2 Å². The van der Waals surface area contributed by atoms with E-state index in [1.807, 2.05) is 6.92 Å². The number of halogens is 1. The number of carbonyl (C=O) groups excluding carboxylic acids is 1. The molecule has 0 aliphatic heterocycles. The van der Waals surface area contributed by atoms with Crippen molar-refractivity contribution in [3.63, 3.8) is 0 Å². The average Bonchev–Trinajstić information content (AvgIpc) is 2.68. The predicted molar refractivity (Wildman–Crippen MR) is 99.8 cm³/mol. The summed E-state index contributed by atoms with van der Waals surface area (Å²) >= 11 is 0. The van der Waals surface area contributed by atoms with Crippen LogP contribution >= 0.6 is 0 Å². The fourth-order valence-corrected chi connectivity index (χ4v) is 2.95. The van der Waals surface area contributed by atoms with Crippen LogP contribution in [0, 0.1) is 5.82 Å². The lowest BCUT2D eigenvalue weighted by molar-refractivity contribution is 0.0492. The van der Waals surface area contributed by atoms with Gasteiger partial charge >= 0.3 is 5.97 Å². The van der Waals surface area contributed by atoms with E-state index < -0.39 is 11.8 Å². The van der Waals surface area contributed by atoms with Gasteiger partial charge in [-0.25, -0.2) is 9.18 Å². The Morgan fingerprint density at radius 3 is 2.44 bits per heavy atom. The Balaban J connectivity index is 2.38. The number of carbonyl (C=O) groups is 1. The van der Waals surface area contributed by atoms with Crippen LogP contribution in [0.2, 0.25) is 0 Å². The fourth-order valence-electron chi connectivity index (χ4n) is 2.95. The zero-order chi connectivity index (χ0) is 19.6. The highest BCUT2D eigenvalue weighted by Crippen LogP contribution is 2.30. The van der Waals surface area contributed by atoms with Crippen LogP contribution in [0.5, 0.6) is 5.75 Å². The van der Waals surface area contributed by atoms with Gasteiger partial charge < -0.3 is 13.9 Å². The normalized spacial score (nSPS) is 10.8. The second kappa shape index (κ2) is 7.61. The molecule has 27 heavy (non-hydrogen) atoms. The number of esters is 1. The maximum absolute atomic E-state index is 13.3. The number of methoxy groups -OCH3 is 1. The summed E-state index contributed by atoms with van der Waals surface area (Å²) in [6, 6.07) is 8.59. The van der Waals surface area contributed by atoms with E-state index in [9.17, 15) is 14.0 Å². The van der Waals surface area contributed by atoms with Gasteiger partial charge in [-0.15, -0.1) is 0 Å². The van der Waals surface area contributed by atoms with E-state index in [0.29, 0.717) is 23.1 Å². The molecule has 5 nitrogen and oxygen atoms in total. The summed E-state index contributed by atoms with van der Waals surface area (Å²) in [5, 5.41) is 0.319. The van der Waals surface area contributed by atoms with Gasteiger partial charge in [0.2, 0.25) is 11.2 Å². The van der Waals surface area contributed by atoms with Crippen LogP contribution in [0.15, 0.2) is 45.6 Å². The molecule has 2 aromatic carbocycles. The van der Waals surface area contributed by atoms with Gasteiger partial charge in [-0.05, 0) is 42.7 Å². The number of hydrogen-bond acceptors (Lipinski definition) is 5. The largest absolute Gasteiger partial charge is 0.496 e. The molecule has 0 aliphatic rings. The minimum atomic E-state index is -0.755. The lowest BCUT2D eigenvalue weighted by Crippen LogP contribution is -2.15. The lowest BCUT2D eigenvalue weighted by atomic mass is 10.00. The van der Waals surface area contributed by atoms with Crippen LogP contribution in [0.1, 0.15) is 30.0 Å². The molecular formula is C21H19FO5. The summed E-state index contributed by atoms with van der Waals surface area (Å²) in [6.07, 6.45) is 0.657. The van der Waals surface area contributed by atoms with E-state index in [0.717, 1.165) is 5.56 Å². The first-order valence-corrected chi connectivity index (χ1v) is 8.60. The maximum atomic E-state index is 13.3. The van der Waals surface area contributed by atoms with Crippen molar-refractivity contribution in [2.45, 2.75) is 20.3 Å². The molecule has 0 atom stereocenters. The third kappa shape index (κ3) is 3.43. The van der Waals surface area contributed by atoms with Crippen LogP contribution in [0.3, 0.4) is 0 Å². The van der Waals surface area contributed by atoms with Gasteiger partial charge in [0, 0.05) is 6.07 Å². The highest BCUT2D eigenvalue weighted by Gasteiger charge is 2.24. The van der Waals surface area contributed by atoms with Crippen molar-refractivity contribution in [2.75, 3.05) is 13.7 Å². The standard InChI is InChI=1S/C21H19FO5/c1-4-12-10-15-17(11-16(12)25-3)27-20(21(24)26-5-2)18(19(15)23)13-6-8-14(22)9-7-13/h6-11H,4-5H2,1-3H3. The van der Waals surface area contributed by atoms with E-state index in [4.69, 9.17) is 13.9 Å². The van der Waals surface area contributed by atoms with Crippen LogP contribution in [0.4, 0.5) is 4.39 Å². The van der Waals surface area contributed by atoms with E-state index in [-0.39, 0.29) is 28.9 Å². The molecular weight excluding hydrogens is 351 g/mol. The van der Waals surface area contributed by atoms with Gasteiger partial charge in [0.1, 0.15) is 17.1 Å². The lowest BCUT2D eigenvalue weighted by Gasteiger charge is -2.12. The summed E-state index contributed by atoms with van der Waals surface area (Å²) in [5.74, 6) is -0.848. The Morgan fingerprint density at radius 2 is 1.85 bits per heavy atom. The first-order chi connectivity index (χ1) is 13.0. The van der Waals surface area contributed by atoms with Crippen molar-refractivity contribution < 1.29 is 23.1 Å². The first kappa shape index (κ1) is 18.6. The van der Waals surface area contributed by atoms with Gasteiger partial charge in [0.15, 0.2) is 0 Å². The van der Waals surface area contributed by atoms with Crippen LogP contribution in [0.25, 0.3) is 22.1 Å². The van der Waals surface area contributed by atoms with E-state index in [1.54, 1.807) is 19.1 Å². The molecule has 0 amide bonds. The molecule has 0 unspecified atom stereocenters. The molecule has 3 aromatic rings. The average molecular weight is 370 g/mol. The summed E-state index contributed by atoms with van der Waals surface area (Å²) < 4.78 is 29.5. The number of aryl methyl sites for hydroxylation is 1. The van der Waals surface area contributed by atoms with E-state index in [2.05, 4.69) is 0 Å². The van der Waals surface area contributed by atoms with E-state index in [1.165, 1.54) is 31.4 Å². The third-order valence-electron chi connectivity index (χ3n) is 4.27. The van der Waals surface area contributed by atoms with Gasteiger partial charge in [-0.2, -0.15) is 0 Å². The number of hydrogen-bond donors (Lipinski definition) is 0. The molecule has 6 heteroatoms. The molecule has 0 saturated heterocycles. The molecule has 3 rings (SSSR count). The molecule has 0 spiro atoms. The predicted octanol–water partition coefficient (Wildman–Crippen LogP) is 4.35. The quantitative estimate of drug-likeness (QED) is 0.625. The fraction of sp³-hybridized carbons (Fsp3) is 0.238. The maximum Gasteiger partial charge on any atom is 0.375 e. The highest BCUT2D eigenvalue weighted by molar-refractivity contribution is 5.98. The second-order valence-electron chi connectivity index (χ2n) is 5.88. The summed E-state index contributed by atoms with van der Waals surface area (Å²) in [6.45, 7) is 3.73. The molecule has 1 heterocycles. The van der Waals surface area contributed by atoms with Crippen molar-refractivity contribution in [3.8, 4) is 16.9 Å². The smallest absolute Gasteiger partial charge is 0.375 e. The molecule has 140 valence electrons. The molecule has 0 N–H and O–H groups in total. The monoisotopic (exact) mass is 370 g/mol. The second-order valence-corrected chi connectivity index (χ2v) is 5.88. The molecule has 0 bridgehead atoms. The number of ether oxygens (including phenoxy) is 2. The van der Waals surface area contributed by atoms with Gasteiger partial charge in [-0.1, -0.05) is 19.1 Å². The van der Waals surface area contributed by atoms with E-state index >= 15 is 0 Å². The zero-order valence-corrected chi connectivity index (χ0v) is 15.3. The Hall–Kier alpha value is -3.15. The number of rotatable bonds is 5. The first-order valence-electron chi connectivity index (χ1n) is 8.60. The summed E-state index contributed by atoms with van der Waals surface area (Å²) in [7, 11) is 1.53. The Bertz CT molecular complexity index is 1050. The molecule has 0 aliphatic carbocycles. The van der Waals surface area contributed by atoms with Crippen molar-refractivity contribution >= 4 is 16.9 Å².